The number of halogens is 1. The number of H-pyrrole nitrogens is 1. The zero-order valence-electron chi connectivity index (χ0n) is 18.8. The summed E-state index contributed by atoms with van der Waals surface area (Å²) < 4.78 is 0. The molecule has 1 saturated heterocycles. The topological polar surface area (TPSA) is 86.4 Å². The third kappa shape index (κ3) is 5.09. The van der Waals surface area contributed by atoms with Crippen molar-refractivity contribution in [3.05, 3.63) is 74.8 Å². The van der Waals surface area contributed by atoms with Crippen molar-refractivity contribution in [2.24, 2.45) is 5.92 Å². The number of nitrogens with one attached hydrogen (secondary N) is 1. The van der Waals surface area contributed by atoms with Crippen LogP contribution in [0, 0.1) is 12.8 Å². The number of aromatic nitrogens is 2. The predicted octanol–water partition coefficient (Wildman–Crippen LogP) is 3.79. The van der Waals surface area contributed by atoms with Crippen LogP contribution < -0.4 is 5.56 Å². The monoisotopic (exact) mass is 466 g/mol. The highest BCUT2D eigenvalue weighted by Gasteiger charge is 2.31. The van der Waals surface area contributed by atoms with Gasteiger partial charge in [-0.05, 0) is 57.0 Å². The van der Waals surface area contributed by atoms with Gasteiger partial charge >= 0.3 is 0 Å². The van der Waals surface area contributed by atoms with E-state index in [-0.39, 0.29) is 29.8 Å². The molecule has 1 N–H and O–H groups in total. The number of benzene rings is 2. The van der Waals surface area contributed by atoms with E-state index in [9.17, 15) is 14.4 Å². The zero-order valence-corrected chi connectivity index (χ0v) is 19.6. The van der Waals surface area contributed by atoms with Crippen molar-refractivity contribution in [2.75, 3.05) is 19.6 Å². The highest BCUT2D eigenvalue weighted by atomic mass is 35.5. The van der Waals surface area contributed by atoms with E-state index >= 15 is 0 Å². The Morgan fingerprint density at radius 3 is 2.70 bits per heavy atom. The van der Waals surface area contributed by atoms with Gasteiger partial charge in [0.2, 0.25) is 5.91 Å². The molecule has 0 bridgehead atoms. The van der Waals surface area contributed by atoms with E-state index in [1.807, 2.05) is 38.1 Å². The van der Waals surface area contributed by atoms with E-state index in [1.54, 1.807) is 28.0 Å². The normalized spacial score (nSPS) is 16.1. The van der Waals surface area contributed by atoms with Gasteiger partial charge in [0.05, 0.1) is 23.4 Å². The molecular weight excluding hydrogens is 440 g/mol. The summed E-state index contributed by atoms with van der Waals surface area (Å²) in [5.41, 5.74) is 1.97. The Kier molecular flexibility index (Phi) is 6.79. The molecule has 1 fully saturated rings. The van der Waals surface area contributed by atoms with Crippen molar-refractivity contribution in [3.8, 4) is 0 Å². The number of carbonyl (C=O) groups excluding carboxylic acids is 2. The summed E-state index contributed by atoms with van der Waals surface area (Å²) in [5.74, 6) is 0.0452. The van der Waals surface area contributed by atoms with Crippen molar-refractivity contribution >= 4 is 34.3 Å². The Hall–Kier alpha value is -3.19. The second kappa shape index (κ2) is 9.75. The number of piperidine rings is 1. The van der Waals surface area contributed by atoms with Crippen LogP contribution in [0.4, 0.5) is 0 Å². The molecule has 0 aliphatic carbocycles. The molecule has 1 aliphatic rings. The third-order valence-electron chi connectivity index (χ3n) is 6.11. The molecular formula is C25H27ClN4O3. The van der Waals surface area contributed by atoms with E-state index < -0.39 is 0 Å². The molecule has 1 atom stereocenters. The SMILES string of the molecule is CCN(Cc1nc2cc(Cl)ccc2c(=O)[nH]1)C(=O)[C@@H]1CCCN(C(=O)c2ccc(C)cc2)C1. The minimum atomic E-state index is -0.283. The van der Waals surface area contributed by atoms with Crippen LogP contribution in [0.2, 0.25) is 5.02 Å². The van der Waals surface area contributed by atoms with Crippen molar-refractivity contribution in [1.29, 1.82) is 0 Å². The molecule has 1 aliphatic heterocycles. The van der Waals surface area contributed by atoms with Gasteiger partial charge in [0.15, 0.2) is 0 Å². The molecule has 2 amide bonds. The van der Waals surface area contributed by atoms with Gasteiger partial charge in [-0.15, -0.1) is 0 Å². The minimum absolute atomic E-state index is 0.0345. The van der Waals surface area contributed by atoms with E-state index in [4.69, 9.17) is 11.6 Å². The lowest BCUT2D eigenvalue weighted by atomic mass is 9.95. The summed E-state index contributed by atoms with van der Waals surface area (Å²) in [4.78, 5) is 49.4. The van der Waals surface area contributed by atoms with E-state index in [0.29, 0.717) is 46.9 Å². The maximum Gasteiger partial charge on any atom is 0.258 e. The molecule has 172 valence electrons. The molecule has 0 radical (unpaired) electrons. The summed E-state index contributed by atoms with van der Waals surface area (Å²) in [6, 6.07) is 12.4. The lowest BCUT2D eigenvalue weighted by Gasteiger charge is -2.34. The number of aryl methyl sites for hydroxylation is 1. The Morgan fingerprint density at radius 1 is 1.21 bits per heavy atom. The van der Waals surface area contributed by atoms with Gasteiger partial charge in [-0.2, -0.15) is 0 Å². The number of nitrogens with zero attached hydrogens (tertiary/aromatic N) is 3. The lowest BCUT2D eigenvalue weighted by molar-refractivity contribution is -0.137. The van der Waals surface area contributed by atoms with Crippen LogP contribution in [-0.4, -0.2) is 51.2 Å². The van der Waals surface area contributed by atoms with Gasteiger partial charge in [0.1, 0.15) is 5.82 Å². The van der Waals surface area contributed by atoms with Crippen LogP contribution in [0.3, 0.4) is 0 Å². The number of amides is 2. The number of rotatable bonds is 5. The van der Waals surface area contributed by atoms with Gasteiger partial charge in [-0.25, -0.2) is 4.98 Å². The fraction of sp³-hybridized carbons (Fsp3) is 0.360. The largest absolute Gasteiger partial charge is 0.338 e. The van der Waals surface area contributed by atoms with Crippen LogP contribution in [0.1, 0.15) is 41.5 Å². The molecule has 0 saturated carbocycles. The zero-order chi connectivity index (χ0) is 23.5. The Morgan fingerprint density at radius 2 is 1.97 bits per heavy atom. The fourth-order valence-electron chi connectivity index (χ4n) is 4.26. The molecule has 1 aromatic heterocycles. The molecule has 33 heavy (non-hydrogen) atoms. The maximum absolute atomic E-state index is 13.3. The summed E-state index contributed by atoms with van der Waals surface area (Å²) in [6.07, 6.45) is 1.50. The maximum atomic E-state index is 13.3. The van der Waals surface area contributed by atoms with Gasteiger partial charge in [0.25, 0.3) is 11.5 Å². The number of aromatic amines is 1. The molecule has 0 spiro atoms. The Balaban J connectivity index is 1.49. The number of likely N-dealkylation sites (tertiary alicyclic amines) is 1. The van der Waals surface area contributed by atoms with Gasteiger partial charge < -0.3 is 14.8 Å². The number of fused-ring (bicyclic) bond motifs is 1. The second-order valence-electron chi connectivity index (χ2n) is 8.48. The van der Waals surface area contributed by atoms with Crippen LogP contribution >= 0.6 is 11.6 Å². The van der Waals surface area contributed by atoms with Crippen LogP contribution in [0.25, 0.3) is 10.9 Å². The molecule has 0 unspecified atom stereocenters. The first-order valence-electron chi connectivity index (χ1n) is 11.2. The molecule has 4 rings (SSSR count). The summed E-state index contributed by atoms with van der Waals surface area (Å²) in [7, 11) is 0. The average molecular weight is 467 g/mol. The Bertz CT molecular complexity index is 1240. The van der Waals surface area contributed by atoms with E-state index in [1.165, 1.54) is 0 Å². The average Bonchev–Trinajstić information content (AvgIpc) is 2.82. The third-order valence-corrected chi connectivity index (χ3v) is 6.34. The van der Waals surface area contributed by atoms with E-state index in [0.717, 1.165) is 18.4 Å². The smallest absolute Gasteiger partial charge is 0.258 e. The molecule has 2 aromatic carbocycles. The Labute approximate surface area is 197 Å². The fourth-order valence-corrected chi connectivity index (χ4v) is 4.43. The molecule has 2 heterocycles. The van der Waals surface area contributed by atoms with Gasteiger partial charge in [-0.3, -0.25) is 14.4 Å². The van der Waals surface area contributed by atoms with Crippen molar-refractivity contribution in [1.82, 2.24) is 19.8 Å². The standard InChI is InChI=1S/C25H27ClN4O3/c1-3-29(15-22-27-21-13-19(26)10-11-20(21)23(31)28-22)25(33)18-5-4-12-30(14-18)24(32)17-8-6-16(2)7-9-17/h6-11,13,18H,3-5,12,14-15H2,1-2H3,(H,27,28,31)/t18-/m1/s1. The van der Waals surface area contributed by atoms with Crippen molar-refractivity contribution in [3.63, 3.8) is 0 Å². The van der Waals surface area contributed by atoms with Crippen molar-refractivity contribution < 1.29 is 9.59 Å². The first-order chi connectivity index (χ1) is 15.9. The number of hydrogen-bond acceptors (Lipinski definition) is 4. The second-order valence-corrected chi connectivity index (χ2v) is 8.92. The van der Waals surface area contributed by atoms with Crippen LogP contribution in [0.5, 0.6) is 0 Å². The van der Waals surface area contributed by atoms with Gasteiger partial charge in [0, 0.05) is 30.2 Å². The minimum Gasteiger partial charge on any atom is -0.338 e. The highest BCUT2D eigenvalue weighted by molar-refractivity contribution is 6.31. The number of hydrogen-bond donors (Lipinski definition) is 1. The predicted molar refractivity (Wildman–Crippen MR) is 128 cm³/mol. The van der Waals surface area contributed by atoms with E-state index in [2.05, 4.69) is 9.97 Å². The summed E-state index contributed by atoms with van der Waals surface area (Å²) >= 11 is 6.05. The van der Waals surface area contributed by atoms with Crippen LogP contribution in [-0.2, 0) is 11.3 Å². The highest BCUT2D eigenvalue weighted by Crippen LogP contribution is 2.22. The first kappa shape index (κ1) is 23.0. The quantitative estimate of drug-likeness (QED) is 0.619. The summed E-state index contributed by atoms with van der Waals surface area (Å²) in [5, 5.41) is 0.950. The van der Waals surface area contributed by atoms with Crippen LogP contribution in [0.15, 0.2) is 47.3 Å². The number of carbonyl (C=O) groups is 2. The lowest BCUT2D eigenvalue weighted by Crippen LogP contribution is -2.46. The first-order valence-corrected chi connectivity index (χ1v) is 11.6. The molecule has 8 heteroatoms. The van der Waals surface area contributed by atoms with Crippen molar-refractivity contribution in [2.45, 2.75) is 33.2 Å². The summed E-state index contributed by atoms with van der Waals surface area (Å²) in [6.45, 7) is 5.57. The van der Waals surface area contributed by atoms with Gasteiger partial charge in [-0.1, -0.05) is 29.3 Å². The molecule has 7 nitrogen and oxygen atoms in total. The molecule has 3 aromatic rings.